The third-order valence-electron chi connectivity index (χ3n) is 3.10. The van der Waals surface area contributed by atoms with Crippen LogP contribution in [0.4, 0.5) is 0 Å². The van der Waals surface area contributed by atoms with E-state index in [0.717, 1.165) is 5.75 Å². The minimum absolute atomic E-state index is 0.164. The zero-order chi connectivity index (χ0) is 11.9. The summed E-state index contributed by atoms with van der Waals surface area (Å²) in [7, 11) is 1.66. The standard InChI is InChI=1S/C12H14Br2O2/c1-7(15)10-11(12(10,13)14)8-3-5-9(16-2)6-4-8/h3-7,10-11,15H,1-2H3. The first kappa shape index (κ1) is 12.4. The van der Waals surface area contributed by atoms with Crippen molar-refractivity contribution in [2.75, 3.05) is 7.11 Å². The van der Waals surface area contributed by atoms with Crippen molar-refractivity contribution in [1.29, 1.82) is 0 Å². The third-order valence-corrected chi connectivity index (χ3v) is 5.15. The van der Waals surface area contributed by atoms with Crippen molar-refractivity contribution in [3.05, 3.63) is 29.8 Å². The summed E-state index contributed by atoms with van der Waals surface area (Å²) in [6.07, 6.45) is -0.328. The molecule has 0 aliphatic heterocycles. The van der Waals surface area contributed by atoms with E-state index in [0.29, 0.717) is 5.92 Å². The van der Waals surface area contributed by atoms with Crippen LogP contribution < -0.4 is 4.74 Å². The van der Waals surface area contributed by atoms with Crippen molar-refractivity contribution in [3.63, 3.8) is 0 Å². The lowest BCUT2D eigenvalue weighted by molar-refractivity contribution is 0.169. The highest BCUT2D eigenvalue weighted by molar-refractivity contribution is 9.25. The Hall–Kier alpha value is -0.0600. The topological polar surface area (TPSA) is 29.5 Å². The van der Waals surface area contributed by atoms with Gasteiger partial charge in [0.25, 0.3) is 0 Å². The number of halogens is 2. The molecular formula is C12H14Br2O2. The second-order valence-electron chi connectivity index (χ2n) is 4.19. The molecule has 0 radical (unpaired) electrons. The highest BCUT2D eigenvalue weighted by Gasteiger charge is 2.64. The Morgan fingerprint density at radius 3 is 2.25 bits per heavy atom. The fraction of sp³-hybridized carbons (Fsp3) is 0.500. The van der Waals surface area contributed by atoms with Crippen LogP contribution in [0, 0.1) is 5.92 Å². The van der Waals surface area contributed by atoms with E-state index >= 15 is 0 Å². The normalized spacial score (nSPS) is 28.6. The molecule has 3 atom stereocenters. The summed E-state index contributed by atoms with van der Waals surface area (Å²) < 4.78 is 4.96. The van der Waals surface area contributed by atoms with Gasteiger partial charge in [-0.05, 0) is 24.6 Å². The summed E-state index contributed by atoms with van der Waals surface area (Å²) in [5.74, 6) is 1.37. The van der Waals surface area contributed by atoms with Crippen LogP contribution >= 0.6 is 31.9 Å². The largest absolute Gasteiger partial charge is 0.497 e. The molecule has 0 bridgehead atoms. The van der Waals surface area contributed by atoms with Crippen molar-refractivity contribution in [1.82, 2.24) is 0 Å². The number of aliphatic hydroxyl groups is 1. The highest BCUT2D eigenvalue weighted by atomic mass is 79.9. The van der Waals surface area contributed by atoms with Gasteiger partial charge in [-0.1, -0.05) is 44.0 Å². The van der Waals surface area contributed by atoms with E-state index in [9.17, 15) is 5.11 Å². The molecule has 1 aliphatic rings. The molecule has 1 aliphatic carbocycles. The average molecular weight is 350 g/mol. The van der Waals surface area contributed by atoms with Gasteiger partial charge in [0.2, 0.25) is 0 Å². The van der Waals surface area contributed by atoms with Gasteiger partial charge in [-0.3, -0.25) is 0 Å². The maximum atomic E-state index is 9.68. The molecule has 0 aromatic heterocycles. The number of ether oxygens (including phenoxy) is 1. The van der Waals surface area contributed by atoms with E-state index in [4.69, 9.17) is 4.74 Å². The van der Waals surface area contributed by atoms with E-state index in [-0.39, 0.29) is 15.3 Å². The molecule has 88 valence electrons. The molecule has 1 aromatic carbocycles. The first-order valence-electron chi connectivity index (χ1n) is 5.18. The van der Waals surface area contributed by atoms with Gasteiger partial charge in [0, 0.05) is 11.8 Å². The molecule has 1 fully saturated rings. The summed E-state index contributed by atoms with van der Waals surface area (Å²) in [6, 6.07) is 7.98. The number of alkyl halides is 2. The Bertz CT molecular complexity index is 373. The average Bonchev–Trinajstić information content (AvgIpc) is 2.82. The lowest BCUT2D eigenvalue weighted by Gasteiger charge is -2.03. The smallest absolute Gasteiger partial charge is 0.118 e. The summed E-state index contributed by atoms with van der Waals surface area (Å²) in [5.41, 5.74) is 1.21. The quantitative estimate of drug-likeness (QED) is 0.848. The van der Waals surface area contributed by atoms with Gasteiger partial charge in [0.15, 0.2) is 0 Å². The van der Waals surface area contributed by atoms with Crippen LogP contribution in [0.15, 0.2) is 24.3 Å². The van der Waals surface area contributed by atoms with Crippen molar-refractivity contribution in [2.24, 2.45) is 5.92 Å². The minimum Gasteiger partial charge on any atom is -0.497 e. The SMILES string of the molecule is COc1ccc(C2C(C(C)O)C2(Br)Br)cc1. The van der Waals surface area contributed by atoms with Crippen LogP contribution in [0.2, 0.25) is 0 Å². The number of benzene rings is 1. The fourth-order valence-electron chi connectivity index (χ4n) is 2.19. The van der Waals surface area contributed by atoms with Crippen LogP contribution in [0.1, 0.15) is 18.4 Å². The molecular weight excluding hydrogens is 336 g/mol. The Morgan fingerprint density at radius 2 is 1.88 bits per heavy atom. The molecule has 0 saturated heterocycles. The van der Waals surface area contributed by atoms with Crippen LogP contribution in [0.5, 0.6) is 5.75 Å². The molecule has 1 aromatic rings. The highest BCUT2D eigenvalue weighted by Crippen LogP contribution is 2.68. The van der Waals surface area contributed by atoms with Gasteiger partial charge in [-0.25, -0.2) is 0 Å². The number of rotatable bonds is 3. The molecule has 16 heavy (non-hydrogen) atoms. The summed E-state index contributed by atoms with van der Waals surface area (Å²) >= 11 is 7.23. The monoisotopic (exact) mass is 348 g/mol. The second-order valence-corrected chi connectivity index (χ2v) is 7.88. The molecule has 0 amide bonds. The third kappa shape index (κ3) is 2.03. The van der Waals surface area contributed by atoms with Gasteiger partial charge < -0.3 is 9.84 Å². The maximum Gasteiger partial charge on any atom is 0.118 e. The molecule has 4 heteroatoms. The van der Waals surface area contributed by atoms with E-state index in [2.05, 4.69) is 31.9 Å². The van der Waals surface area contributed by atoms with Crippen LogP contribution in [0.25, 0.3) is 0 Å². The summed E-state index contributed by atoms with van der Waals surface area (Å²) in [4.78, 5) is 0. The molecule has 2 rings (SSSR count). The molecule has 2 nitrogen and oxygen atoms in total. The lowest BCUT2D eigenvalue weighted by Crippen LogP contribution is -2.07. The second kappa shape index (κ2) is 4.31. The van der Waals surface area contributed by atoms with E-state index < -0.39 is 0 Å². The van der Waals surface area contributed by atoms with Gasteiger partial charge in [0.05, 0.1) is 16.4 Å². The zero-order valence-corrected chi connectivity index (χ0v) is 12.3. The van der Waals surface area contributed by atoms with Crippen molar-refractivity contribution in [2.45, 2.75) is 22.2 Å². The zero-order valence-electron chi connectivity index (χ0n) is 9.15. The Balaban J connectivity index is 2.20. The maximum absolute atomic E-state index is 9.68. The fourth-order valence-corrected chi connectivity index (χ4v) is 4.32. The van der Waals surface area contributed by atoms with Gasteiger partial charge in [0.1, 0.15) is 5.75 Å². The van der Waals surface area contributed by atoms with Crippen LogP contribution in [-0.4, -0.2) is 21.6 Å². The number of hydrogen-bond donors (Lipinski definition) is 1. The molecule has 0 spiro atoms. The van der Waals surface area contributed by atoms with E-state index in [1.165, 1.54) is 5.56 Å². The van der Waals surface area contributed by atoms with Crippen molar-refractivity contribution >= 4 is 31.9 Å². The predicted molar refractivity (Wildman–Crippen MR) is 71.5 cm³/mol. The molecule has 3 unspecified atom stereocenters. The molecule has 1 N–H and O–H groups in total. The summed E-state index contributed by atoms with van der Waals surface area (Å²) in [5, 5.41) is 9.68. The van der Waals surface area contributed by atoms with E-state index in [1.54, 1.807) is 7.11 Å². The van der Waals surface area contributed by atoms with Crippen LogP contribution in [0.3, 0.4) is 0 Å². The Kier molecular flexibility index (Phi) is 3.34. The first-order valence-corrected chi connectivity index (χ1v) is 6.77. The van der Waals surface area contributed by atoms with Gasteiger partial charge in [-0.15, -0.1) is 0 Å². The molecule has 1 saturated carbocycles. The van der Waals surface area contributed by atoms with E-state index in [1.807, 2.05) is 31.2 Å². The predicted octanol–water partition coefficient (Wildman–Crippen LogP) is 3.28. The summed E-state index contributed by atoms with van der Waals surface area (Å²) in [6.45, 7) is 1.82. The lowest BCUT2D eigenvalue weighted by atomic mass is 10.1. The van der Waals surface area contributed by atoms with Gasteiger partial charge >= 0.3 is 0 Å². The number of aliphatic hydroxyl groups excluding tert-OH is 1. The molecule has 0 heterocycles. The van der Waals surface area contributed by atoms with Gasteiger partial charge in [-0.2, -0.15) is 0 Å². The first-order chi connectivity index (χ1) is 7.48. The Morgan fingerprint density at radius 1 is 1.31 bits per heavy atom. The number of methoxy groups -OCH3 is 1. The Labute approximate surface area is 112 Å². The number of hydrogen-bond acceptors (Lipinski definition) is 2. The van der Waals surface area contributed by atoms with Crippen LogP contribution in [-0.2, 0) is 0 Å². The van der Waals surface area contributed by atoms with Crippen molar-refractivity contribution in [3.8, 4) is 5.75 Å². The minimum atomic E-state index is -0.328. The van der Waals surface area contributed by atoms with Crippen molar-refractivity contribution < 1.29 is 9.84 Å².